The average Bonchev–Trinajstić information content (AvgIpc) is 3.14. The van der Waals surface area contributed by atoms with E-state index in [1.807, 2.05) is 109 Å². The number of amides is 2. The van der Waals surface area contributed by atoms with E-state index in [1.165, 1.54) is 10.6 Å². The van der Waals surface area contributed by atoms with Crippen LogP contribution in [-0.4, -0.2) is 24.1 Å². The molecule has 0 aromatic heterocycles. The first kappa shape index (κ1) is 32.0. The van der Waals surface area contributed by atoms with Crippen LogP contribution in [0.3, 0.4) is 0 Å². The lowest BCUT2D eigenvalue weighted by Crippen LogP contribution is -2.36. The minimum absolute atomic E-state index is 0.128. The summed E-state index contributed by atoms with van der Waals surface area (Å²) in [5.41, 5.74) is 3.99. The maximum Gasteiger partial charge on any atom is 0.243 e. The number of hydrogen-bond acceptors (Lipinski definition) is 3. The van der Waals surface area contributed by atoms with E-state index in [9.17, 15) is 9.59 Å². The van der Waals surface area contributed by atoms with Crippen molar-refractivity contribution in [3.63, 3.8) is 0 Å². The summed E-state index contributed by atoms with van der Waals surface area (Å²) in [4.78, 5) is 26.7. The Morgan fingerprint density at radius 2 is 0.915 bits per heavy atom. The molecule has 0 atom stereocenters. The molecule has 6 heteroatoms. The molecule has 0 saturated carbocycles. The van der Waals surface area contributed by atoms with Crippen LogP contribution >= 0.6 is 19.7 Å². The lowest BCUT2D eigenvalue weighted by molar-refractivity contribution is -0.122. The highest BCUT2D eigenvalue weighted by atomic mass is 32.2. The Morgan fingerprint density at radius 1 is 0.511 bits per heavy atom. The molecular weight excluding hydrogens is 616 g/mol. The van der Waals surface area contributed by atoms with Crippen molar-refractivity contribution in [1.29, 1.82) is 0 Å². The van der Waals surface area contributed by atoms with E-state index in [2.05, 4.69) is 77.4 Å². The minimum atomic E-state index is -0.910. The molecule has 0 aliphatic heterocycles. The van der Waals surface area contributed by atoms with Gasteiger partial charge in [-0.15, -0.1) is 11.8 Å². The zero-order valence-electron chi connectivity index (χ0n) is 25.8. The normalized spacial score (nSPS) is 11.2. The highest BCUT2D eigenvalue weighted by Gasteiger charge is 2.37. The van der Waals surface area contributed by atoms with Gasteiger partial charge in [0.05, 0.1) is 17.0 Å². The van der Waals surface area contributed by atoms with Crippen LogP contribution in [-0.2, 0) is 14.3 Å². The van der Waals surface area contributed by atoms with Crippen molar-refractivity contribution in [3.8, 4) is 0 Å². The second-order valence-electron chi connectivity index (χ2n) is 10.9. The van der Waals surface area contributed by atoms with Crippen molar-refractivity contribution in [1.82, 2.24) is 5.32 Å². The number of benzene rings is 6. The van der Waals surface area contributed by atoms with Crippen molar-refractivity contribution >= 4 is 53.1 Å². The van der Waals surface area contributed by atoms with Crippen LogP contribution in [0.15, 0.2) is 176 Å². The van der Waals surface area contributed by atoms with Gasteiger partial charge in [-0.3, -0.25) is 9.59 Å². The van der Waals surface area contributed by atoms with Gasteiger partial charge in [0.25, 0.3) is 0 Å². The van der Waals surface area contributed by atoms with Crippen LogP contribution in [0.4, 0.5) is 5.69 Å². The van der Waals surface area contributed by atoms with Crippen LogP contribution < -0.4 is 26.5 Å². The summed E-state index contributed by atoms with van der Waals surface area (Å²) in [6, 6.07) is 59.5. The maximum atomic E-state index is 13.4. The molecule has 0 aliphatic carbocycles. The Hall–Kier alpha value is -4.96. The summed E-state index contributed by atoms with van der Waals surface area (Å²) in [5, 5.41) is 9.40. The lowest BCUT2D eigenvalue weighted by atomic mass is 9.84. The van der Waals surface area contributed by atoms with E-state index >= 15 is 0 Å². The smallest absolute Gasteiger partial charge is 0.243 e. The number of carbonyl (C=O) groups excluding carboxylic acids is 2. The van der Waals surface area contributed by atoms with Crippen LogP contribution in [0.25, 0.3) is 0 Å². The van der Waals surface area contributed by atoms with Crippen molar-refractivity contribution in [2.45, 2.75) is 4.75 Å². The molecule has 0 spiro atoms. The molecule has 6 aromatic carbocycles. The Kier molecular flexibility index (Phi) is 10.6. The molecular formula is C41H35N2O2PS. The Balaban J connectivity index is 1.19. The van der Waals surface area contributed by atoms with Crippen molar-refractivity contribution in [2.24, 2.45) is 0 Å². The Morgan fingerprint density at radius 3 is 1.38 bits per heavy atom. The van der Waals surface area contributed by atoms with E-state index in [1.54, 1.807) is 11.8 Å². The third-order valence-electron chi connectivity index (χ3n) is 7.85. The van der Waals surface area contributed by atoms with Crippen molar-refractivity contribution in [2.75, 3.05) is 17.6 Å². The number of thioether (sulfide) groups is 1. The Labute approximate surface area is 282 Å². The zero-order chi connectivity index (χ0) is 32.3. The molecule has 6 rings (SSSR count). The summed E-state index contributed by atoms with van der Waals surface area (Å²) in [6.07, 6.45) is 0. The van der Waals surface area contributed by atoms with Gasteiger partial charge in [-0.25, -0.2) is 0 Å². The molecule has 2 N–H and O–H groups in total. The molecule has 0 radical (unpaired) electrons. The topological polar surface area (TPSA) is 58.2 Å². The van der Waals surface area contributed by atoms with Gasteiger partial charge in [-0.1, -0.05) is 170 Å². The van der Waals surface area contributed by atoms with Crippen molar-refractivity contribution < 1.29 is 9.59 Å². The van der Waals surface area contributed by atoms with Gasteiger partial charge in [-0.05, 0) is 41.3 Å². The molecule has 6 aromatic rings. The molecule has 0 saturated heterocycles. The first-order valence-corrected chi connectivity index (χ1v) is 17.8. The lowest BCUT2D eigenvalue weighted by Gasteiger charge is -2.35. The fourth-order valence-electron chi connectivity index (χ4n) is 5.72. The van der Waals surface area contributed by atoms with Crippen LogP contribution in [0.1, 0.15) is 16.7 Å². The van der Waals surface area contributed by atoms with Gasteiger partial charge >= 0.3 is 0 Å². The average molecular weight is 651 g/mol. The van der Waals surface area contributed by atoms with Crippen molar-refractivity contribution in [3.05, 3.63) is 193 Å². The SMILES string of the molecule is O=C(CSC(c1ccccc1)(c1ccccc1)c1ccccc1)NCC(=O)Nc1ccccc1P(c1ccccc1)c1ccccc1. The number of nitrogens with one attached hydrogen (secondary N) is 2. The maximum absolute atomic E-state index is 13.4. The molecule has 0 unspecified atom stereocenters. The molecule has 0 fully saturated rings. The monoisotopic (exact) mass is 650 g/mol. The second kappa shape index (κ2) is 15.6. The highest BCUT2D eigenvalue weighted by molar-refractivity contribution is 8.01. The quantitative estimate of drug-likeness (QED) is 0.109. The van der Waals surface area contributed by atoms with Gasteiger partial charge in [0.1, 0.15) is 0 Å². The molecule has 4 nitrogen and oxygen atoms in total. The first-order valence-electron chi connectivity index (χ1n) is 15.5. The standard InChI is InChI=1S/C41H35N2O2PS/c44-39(43-37-28-16-17-29-38(37)46(35-24-12-4-13-25-35)36-26-14-5-15-27-36)30-42-40(45)31-47-41(32-18-6-1-7-19-32,33-20-8-2-9-21-33)34-22-10-3-11-23-34/h1-29H,30-31H2,(H,42,45)(H,43,44). The number of rotatable bonds is 12. The van der Waals surface area contributed by atoms with E-state index in [0.29, 0.717) is 0 Å². The number of carbonyl (C=O) groups is 2. The molecule has 0 heterocycles. The van der Waals surface area contributed by atoms with Gasteiger partial charge in [0, 0.05) is 11.0 Å². The number of hydrogen-bond donors (Lipinski definition) is 2. The first-order chi connectivity index (χ1) is 23.1. The largest absolute Gasteiger partial charge is 0.346 e. The molecule has 47 heavy (non-hydrogen) atoms. The van der Waals surface area contributed by atoms with Gasteiger partial charge in [0.15, 0.2) is 0 Å². The predicted octanol–water partition coefficient (Wildman–Crippen LogP) is 7.22. The molecule has 0 bridgehead atoms. The van der Waals surface area contributed by atoms with Gasteiger partial charge in [-0.2, -0.15) is 0 Å². The molecule has 0 aliphatic rings. The zero-order valence-corrected chi connectivity index (χ0v) is 27.5. The van der Waals surface area contributed by atoms with E-state index in [0.717, 1.165) is 27.7 Å². The predicted molar refractivity (Wildman–Crippen MR) is 198 cm³/mol. The number of para-hydroxylation sites is 1. The molecule has 232 valence electrons. The highest BCUT2D eigenvalue weighted by Crippen LogP contribution is 2.48. The molecule has 2 amide bonds. The third-order valence-corrected chi connectivity index (χ3v) is 11.9. The summed E-state index contributed by atoms with van der Waals surface area (Å²) < 4.78 is -0.617. The van der Waals surface area contributed by atoms with Crippen LogP contribution in [0.5, 0.6) is 0 Å². The van der Waals surface area contributed by atoms with Crippen LogP contribution in [0.2, 0.25) is 0 Å². The summed E-state index contributed by atoms with van der Waals surface area (Å²) in [5.74, 6) is -0.315. The second-order valence-corrected chi connectivity index (χ2v) is 14.3. The van der Waals surface area contributed by atoms with E-state index in [4.69, 9.17) is 0 Å². The van der Waals surface area contributed by atoms with E-state index in [-0.39, 0.29) is 24.1 Å². The Bertz CT molecular complexity index is 1750. The number of anilines is 1. The summed E-state index contributed by atoms with van der Waals surface area (Å²) in [6.45, 7) is -0.128. The third kappa shape index (κ3) is 7.55. The summed E-state index contributed by atoms with van der Waals surface area (Å²) >= 11 is 1.55. The summed E-state index contributed by atoms with van der Waals surface area (Å²) in [7, 11) is -0.910. The fraction of sp³-hybridized carbons (Fsp3) is 0.0732. The van der Waals surface area contributed by atoms with Gasteiger partial charge in [0.2, 0.25) is 11.8 Å². The minimum Gasteiger partial charge on any atom is -0.346 e. The van der Waals surface area contributed by atoms with E-state index < -0.39 is 12.7 Å². The van der Waals surface area contributed by atoms with Gasteiger partial charge < -0.3 is 10.6 Å². The fourth-order valence-corrected chi connectivity index (χ4v) is 9.48. The van der Waals surface area contributed by atoms with Crippen LogP contribution in [0, 0.1) is 0 Å².